The van der Waals surface area contributed by atoms with Crippen molar-refractivity contribution in [3.05, 3.63) is 34.9 Å². The van der Waals surface area contributed by atoms with Crippen LogP contribution in [-0.4, -0.2) is 30.5 Å². The van der Waals surface area contributed by atoms with Gasteiger partial charge in [-0.1, -0.05) is 36.6 Å². The molecule has 21 heavy (non-hydrogen) atoms. The number of nitrogens with two attached hydrogens (primary N) is 1. The van der Waals surface area contributed by atoms with E-state index in [4.69, 9.17) is 22.3 Å². The zero-order valence-corrected chi connectivity index (χ0v) is 13.4. The summed E-state index contributed by atoms with van der Waals surface area (Å²) < 4.78 is 0. The van der Waals surface area contributed by atoms with Crippen molar-refractivity contribution in [3.8, 4) is 0 Å². The quantitative estimate of drug-likeness (QED) is 0.682. The summed E-state index contributed by atoms with van der Waals surface area (Å²) in [4.78, 5) is 6.86. The summed E-state index contributed by atoms with van der Waals surface area (Å²) in [5, 5.41) is 0.795. The Hall–Kier alpha value is -1.22. The van der Waals surface area contributed by atoms with Crippen molar-refractivity contribution in [1.29, 1.82) is 0 Å². The molecule has 3 rings (SSSR count). The first-order chi connectivity index (χ1) is 10.1. The minimum absolute atomic E-state index is 0.152. The molecule has 0 amide bonds. The third-order valence-electron chi connectivity index (χ3n) is 5.02. The van der Waals surface area contributed by atoms with Crippen molar-refractivity contribution in [1.82, 2.24) is 4.90 Å². The highest BCUT2D eigenvalue weighted by molar-refractivity contribution is 6.30. The van der Waals surface area contributed by atoms with Crippen LogP contribution >= 0.6 is 11.6 Å². The average Bonchev–Trinajstić information content (AvgIpc) is 3.23. The molecule has 0 heterocycles. The lowest BCUT2D eigenvalue weighted by Crippen LogP contribution is -2.37. The summed E-state index contributed by atoms with van der Waals surface area (Å²) in [6, 6.07) is 8.90. The van der Waals surface area contributed by atoms with Crippen LogP contribution < -0.4 is 5.73 Å². The molecule has 0 aromatic heterocycles. The number of hydrogen-bond acceptors (Lipinski definition) is 1. The molecule has 2 fully saturated rings. The van der Waals surface area contributed by atoms with Crippen molar-refractivity contribution in [3.63, 3.8) is 0 Å². The SMILES string of the molecule is CN(C(N)=NCC1(c2ccc(Cl)cc2)CCCC1)C1CC1. The van der Waals surface area contributed by atoms with Gasteiger partial charge in [-0.15, -0.1) is 0 Å². The Morgan fingerprint density at radius 2 is 1.90 bits per heavy atom. The maximum absolute atomic E-state index is 6.15. The molecule has 0 saturated heterocycles. The van der Waals surface area contributed by atoms with Gasteiger partial charge in [0.1, 0.15) is 0 Å². The van der Waals surface area contributed by atoms with Gasteiger partial charge in [0.05, 0.1) is 6.54 Å². The van der Waals surface area contributed by atoms with Gasteiger partial charge < -0.3 is 10.6 Å². The van der Waals surface area contributed by atoms with E-state index in [1.165, 1.54) is 44.1 Å². The van der Waals surface area contributed by atoms with E-state index in [0.29, 0.717) is 12.0 Å². The van der Waals surface area contributed by atoms with Crippen molar-refractivity contribution in [2.45, 2.75) is 50.0 Å². The number of rotatable bonds is 4. The van der Waals surface area contributed by atoms with Gasteiger partial charge in [0, 0.05) is 23.5 Å². The summed E-state index contributed by atoms with van der Waals surface area (Å²) in [5.41, 5.74) is 7.66. The van der Waals surface area contributed by atoms with Crippen LogP contribution in [0, 0.1) is 0 Å². The zero-order valence-electron chi connectivity index (χ0n) is 12.7. The molecule has 0 aliphatic heterocycles. The van der Waals surface area contributed by atoms with Gasteiger partial charge in [-0.3, -0.25) is 4.99 Å². The van der Waals surface area contributed by atoms with Crippen LogP contribution in [0.3, 0.4) is 0 Å². The Kier molecular flexibility index (Phi) is 4.12. The summed E-state index contributed by atoms with van der Waals surface area (Å²) >= 11 is 6.02. The Labute approximate surface area is 132 Å². The molecular formula is C17H24ClN3. The van der Waals surface area contributed by atoms with Gasteiger partial charge in [-0.25, -0.2) is 0 Å². The first-order valence-corrected chi connectivity index (χ1v) is 8.27. The zero-order chi connectivity index (χ0) is 14.9. The molecule has 4 heteroatoms. The molecular weight excluding hydrogens is 282 g/mol. The van der Waals surface area contributed by atoms with Gasteiger partial charge in [0.2, 0.25) is 0 Å². The lowest BCUT2D eigenvalue weighted by Gasteiger charge is -2.29. The summed E-state index contributed by atoms with van der Waals surface area (Å²) in [7, 11) is 2.06. The molecule has 0 spiro atoms. The molecule has 1 aromatic carbocycles. The first-order valence-electron chi connectivity index (χ1n) is 7.90. The van der Waals surface area contributed by atoms with Crippen LogP contribution in [0.5, 0.6) is 0 Å². The smallest absolute Gasteiger partial charge is 0.191 e. The normalized spacial score (nSPS) is 21.5. The van der Waals surface area contributed by atoms with Crippen LogP contribution in [0.25, 0.3) is 0 Å². The van der Waals surface area contributed by atoms with E-state index in [9.17, 15) is 0 Å². The first kappa shape index (κ1) is 14.7. The number of nitrogens with zero attached hydrogens (tertiary/aromatic N) is 2. The number of guanidine groups is 1. The maximum atomic E-state index is 6.15. The maximum Gasteiger partial charge on any atom is 0.191 e. The largest absolute Gasteiger partial charge is 0.370 e. The minimum Gasteiger partial charge on any atom is -0.370 e. The summed E-state index contributed by atoms with van der Waals surface area (Å²) in [6.45, 7) is 0.789. The molecule has 2 saturated carbocycles. The molecule has 0 unspecified atom stereocenters. The lowest BCUT2D eigenvalue weighted by atomic mass is 9.79. The van der Waals surface area contributed by atoms with Crippen LogP contribution in [0.4, 0.5) is 0 Å². The van der Waals surface area contributed by atoms with Crippen LogP contribution in [-0.2, 0) is 5.41 Å². The highest BCUT2D eigenvalue weighted by Gasteiger charge is 2.36. The van der Waals surface area contributed by atoms with E-state index in [1.807, 2.05) is 12.1 Å². The van der Waals surface area contributed by atoms with E-state index in [-0.39, 0.29) is 5.41 Å². The summed E-state index contributed by atoms with van der Waals surface area (Å²) in [6.07, 6.45) is 7.42. The Morgan fingerprint density at radius 1 is 1.29 bits per heavy atom. The van der Waals surface area contributed by atoms with E-state index >= 15 is 0 Å². The second kappa shape index (κ2) is 5.88. The Balaban J connectivity index is 1.77. The average molecular weight is 306 g/mol. The van der Waals surface area contributed by atoms with E-state index < -0.39 is 0 Å². The number of aliphatic imine (C=N–C) groups is 1. The molecule has 1 aromatic rings. The second-order valence-corrected chi connectivity index (χ2v) is 6.95. The third-order valence-corrected chi connectivity index (χ3v) is 5.27. The monoisotopic (exact) mass is 305 g/mol. The van der Waals surface area contributed by atoms with Crippen molar-refractivity contribution >= 4 is 17.6 Å². The topological polar surface area (TPSA) is 41.6 Å². The van der Waals surface area contributed by atoms with E-state index in [2.05, 4.69) is 24.1 Å². The number of hydrogen-bond donors (Lipinski definition) is 1. The predicted molar refractivity (Wildman–Crippen MR) is 88.9 cm³/mol. The minimum atomic E-state index is 0.152. The molecule has 3 nitrogen and oxygen atoms in total. The predicted octanol–water partition coefficient (Wildman–Crippen LogP) is 3.56. The van der Waals surface area contributed by atoms with E-state index in [1.54, 1.807) is 0 Å². The molecule has 2 aliphatic carbocycles. The fraction of sp³-hybridized carbons (Fsp3) is 0.588. The van der Waals surface area contributed by atoms with Crippen molar-refractivity contribution < 1.29 is 0 Å². The fourth-order valence-corrected chi connectivity index (χ4v) is 3.51. The van der Waals surface area contributed by atoms with Crippen molar-refractivity contribution in [2.24, 2.45) is 10.7 Å². The summed E-state index contributed by atoms with van der Waals surface area (Å²) in [5.74, 6) is 0.692. The number of benzene rings is 1. The van der Waals surface area contributed by atoms with Crippen LogP contribution in [0.15, 0.2) is 29.3 Å². The Morgan fingerprint density at radius 3 is 2.48 bits per heavy atom. The second-order valence-electron chi connectivity index (χ2n) is 6.51. The molecule has 2 N–H and O–H groups in total. The van der Waals surface area contributed by atoms with Gasteiger partial charge >= 0.3 is 0 Å². The van der Waals surface area contributed by atoms with Crippen LogP contribution in [0.1, 0.15) is 44.1 Å². The molecule has 0 radical (unpaired) electrons. The van der Waals surface area contributed by atoms with Gasteiger partial charge in [0.25, 0.3) is 0 Å². The molecule has 0 bridgehead atoms. The fourth-order valence-electron chi connectivity index (χ4n) is 3.39. The molecule has 0 atom stereocenters. The van der Waals surface area contributed by atoms with Crippen LogP contribution in [0.2, 0.25) is 5.02 Å². The lowest BCUT2D eigenvalue weighted by molar-refractivity contribution is 0.441. The third kappa shape index (κ3) is 3.18. The van der Waals surface area contributed by atoms with Crippen molar-refractivity contribution in [2.75, 3.05) is 13.6 Å². The molecule has 114 valence electrons. The van der Waals surface area contributed by atoms with Gasteiger partial charge in [-0.2, -0.15) is 0 Å². The van der Waals surface area contributed by atoms with E-state index in [0.717, 1.165) is 11.6 Å². The van der Waals surface area contributed by atoms with Gasteiger partial charge in [-0.05, 0) is 43.4 Å². The Bertz CT molecular complexity index is 513. The number of halogens is 1. The molecule has 2 aliphatic rings. The van der Waals surface area contributed by atoms with Gasteiger partial charge in [0.15, 0.2) is 5.96 Å². The highest BCUT2D eigenvalue weighted by Crippen LogP contribution is 2.41. The standard InChI is InChI=1S/C17H24ClN3/c1-21(15-8-9-15)16(19)20-12-17(10-2-3-11-17)13-4-6-14(18)7-5-13/h4-7,15H,2-3,8-12H2,1H3,(H2,19,20). The highest BCUT2D eigenvalue weighted by atomic mass is 35.5.